The minimum absolute atomic E-state index is 0.113. The zero-order valence-corrected chi connectivity index (χ0v) is 18.0. The number of carbonyl (C=O) groups excluding carboxylic acids is 2. The molecular weight excluding hydrogens is 407 g/mol. The second kappa shape index (κ2) is 10.1. The van der Waals surface area contributed by atoms with E-state index in [9.17, 15) is 9.59 Å². The highest BCUT2D eigenvalue weighted by Crippen LogP contribution is 2.20. The number of benzene rings is 2. The van der Waals surface area contributed by atoms with E-state index in [0.717, 1.165) is 36.8 Å². The lowest BCUT2D eigenvalue weighted by atomic mass is 10.1. The van der Waals surface area contributed by atoms with Gasteiger partial charge < -0.3 is 10.2 Å². The summed E-state index contributed by atoms with van der Waals surface area (Å²) in [6, 6.07) is 14.2. The molecule has 2 aromatic carbocycles. The van der Waals surface area contributed by atoms with Crippen molar-refractivity contribution in [2.45, 2.75) is 57.7 Å². The summed E-state index contributed by atoms with van der Waals surface area (Å²) in [4.78, 5) is 27.6. The van der Waals surface area contributed by atoms with Gasteiger partial charge in [0.1, 0.15) is 6.04 Å². The zero-order chi connectivity index (χ0) is 20.8. The Morgan fingerprint density at radius 3 is 2.24 bits per heavy atom. The number of hydrogen-bond donors (Lipinski definition) is 1. The van der Waals surface area contributed by atoms with Gasteiger partial charge in [0, 0.05) is 22.6 Å². The van der Waals surface area contributed by atoms with E-state index in [1.165, 1.54) is 0 Å². The van der Waals surface area contributed by atoms with Crippen molar-refractivity contribution < 1.29 is 9.59 Å². The fourth-order valence-corrected chi connectivity index (χ4v) is 4.16. The molecule has 0 unspecified atom stereocenters. The van der Waals surface area contributed by atoms with Crippen molar-refractivity contribution in [2.75, 3.05) is 0 Å². The number of rotatable bonds is 7. The number of carbonyl (C=O) groups is 2. The van der Waals surface area contributed by atoms with Gasteiger partial charge in [-0.2, -0.15) is 0 Å². The maximum Gasteiger partial charge on any atom is 0.242 e. The Morgan fingerprint density at radius 2 is 1.62 bits per heavy atom. The van der Waals surface area contributed by atoms with Gasteiger partial charge in [0.25, 0.3) is 0 Å². The van der Waals surface area contributed by atoms with Crippen LogP contribution in [0.4, 0.5) is 0 Å². The SMILES string of the molecule is C[C@H](C(=O)NC1CCCC1)N(Cc1cccc(Cl)c1)C(=O)Cc1cccc(Cl)c1. The first-order chi connectivity index (χ1) is 13.9. The first-order valence-electron chi connectivity index (χ1n) is 10.0. The monoisotopic (exact) mass is 432 g/mol. The average Bonchev–Trinajstić information content (AvgIpc) is 3.18. The molecule has 154 valence electrons. The van der Waals surface area contributed by atoms with Crippen LogP contribution in [-0.2, 0) is 22.6 Å². The summed E-state index contributed by atoms with van der Waals surface area (Å²) in [5, 5.41) is 4.30. The van der Waals surface area contributed by atoms with Crippen molar-refractivity contribution in [3.63, 3.8) is 0 Å². The minimum atomic E-state index is -0.582. The molecule has 0 aliphatic heterocycles. The van der Waals surface area contributed by atoms with Gasteiger partial charge in [0.15, 0.2) is 0 Å². The van der Waals surface area contributed by atoms with Crippen molar-refractivity contribution in [2.24, 2.45) is 0 Å². The lowest BCUT2D eigenvalue weighted by Crippen LogP contribution is -2.50. The van der Waals surface area contributed by atoms with Crippen LogP contribution in [0.2, 0.25) is 10.0 Å². The molecule has 4 nitrogen and oxygen atoms in total. The average molecular weight is 433 g/mol. The van der Waals surface area contributed by atoms with Crippen LogP contribution in [0.25, 0.3) is 0 Å². The molecule has 1 atom stereocenters. The maximum atomic E-state index is 13.2. The van der Waals surface area contributed by atoms with Crippen LogP contribution in [-0.4, -0.2) is 28.8 Å². The highest BCUT2D eigenvalue weighted by atomic mass is 35.5. The number of nitrogens with zero attached hydrogens (tertiary/aromatic N) is 1. The minimum Gasteiger partial charge on any atom is -0.352 e. The third-order valence-corrected chi connectivity index (χ3v) is 5.83. The molecule has 3 rings (SSSR count). The Kier molecular flexibility index (Phi) is 7.57. The van der Waals surface area contributed by atoms with E-state index in [0.29, 0.717) is 16.6 Å². The lowest BCUT2D eigenvalue weighted by molar-refractivity contribution is -0.140. The summed E-state index contributed by atoms with van der Waals surface area (Å²) in [6.07, 6.45) is 4.47. The maximum absolute atomic E-state index is 13.2. The molecule has 1 aliphatic carbocycles. The smallest absolute Gasteiger partial charge is 0.242 e. The van der Waals surface area contributed by atoms with Crippen LogP contribution in [0.1, 0.15) is 43.7 Å². The molecule has 6 heteroatoms. The third-order valence-electron chi connectivity index (χ3n) is 5.36. The molecule has 1 fully saturated rings. The van der Waals surface area contributed by atoms with E-state index >= 15 is 0 Å². The summed E-state index contributed by atoms with van der Waals surface area (Å²) in [5.41, 5.74) is 1.71. The van der Waals surface area contributed by atoms with E-state index in [1.54, 1.807) is 30.0 Å². The Morgan fingerprint density at radius 1 is 1.03 bits per heavy atom. The molecule has 0 heterocycles. The van der Waals surface area contributed by atoms with Gasteiger partial charge in [-0.15, -0.1) is 0 Å². The molecule has 0 saturated heterocycles. The van der Waals surface area contributed by atoms with Gasteiger partial charge in [-0.1, -0.05) is 60.3 Å². The quantitative estimate of drug-likeness (QED) is 0.667. The van der Waals surface area contributed by atoms with Gasteiger partial charge in [-0.3, -0.25) is 9.59 Å². The fraction of sp³-hybridized carbons (Fsp3) is 0.391. The van der Waals surface area contributed by atoms with Crippen LogP contribution in [0.3, 0.4) is 0 Å². The predicted molar refractivity (Wildman–Crippen MR) is 117 cm³/mol. The van der Waals surface area contributed by atoms with Crippen LogP contribution < -0.4 is 5.32 Å². The van der Waals surface area contributed by atoms with E-state index in [-0.39, 0.29) is 24.3 Å². The highest BCUT2D eigenvalue weighted by Gasteiger charge is 2.28. The highest BCUT2D eigenvalue weighted by molar-refractivity contribution is 6.30. The van der Waals surface area contributed by atoms with Crippen LogP contribution in [0, 0.1) is 0 Å². The summed E-state index contributed by atoms with van der Waals surface area (Å²) >= 11 is 12.2. The third kappa shape index (κ3) is 6.22. The number of hydrogen-bond acceptors (Lipinski definition) is 2. The van der Waals surface area contributed by atoms with Crippen LogP contribution in [0.15, 0.2) is 48.5 Å². The molecule has 1 saturated carbocycles. The van der Waals surface area contributed by atoms with Crippen molar-refractivity contribution in [1.29, 1.82) is 0 Å². The second-order valence-electron chi connectivity index (χ2n) is 7.62. The molecule has 0 aromatic heterocycles. The van der Waals surface area contributed by atoms with Crippen molar-refractivity contribution in [3.05, 3.63) is 69.7 Å². The van der Waals surface area contributed by atoms with Crippen molar-refractivity contribution in [3.8, 4) is 0 Å². The zero-order valence-electron chi connectivity index (χ0n) is 16.5. The molecule has 0 radical (unpaired) electrons. The summed E-state index contributed by atoms with van der Waals surface area (Å²) in [7, 11) is 0. The molecule has 0 bridgehead atoms. The summed E-state index contributed by atoms with van der Waals surface area (Å²) in [6.45, 7) is 2.10. The molecule has 1 N–H and O–H groups in total. The molecule has 1 aliphatic rings. The molecule has 2 amide bonds. The van der Waals surface area contributed by atoms with E-state index in [1.807, 2.05) is 30.3 Å². The van der Waals surface area contributed by atoms with E-state index in [4.69, 9.17) is 23.2 Å². The van der Waals surface area contributed by atoms with E-state index < -0.39 is 6.04 Å². The Bertz CT molecular complexity index is 865. The van der Waals surface area contributed by atoms with Gasteiger partial charge in [-0.25, -0.2) is 0 Å². The summed E-state index contributed by atoms with van der Waals surface area (Å²) in [5.74, 6) is -0.236. The van der Waals surface area contributed by atoms with Gasteiger partial charge in [0.05, 0.1) is 6.42 Å². The normalized spacial score (nSPS) is 15.1. The van der Waals surface area contributed by atoms with Crippen molar-refractivity contribution >= 4 is 35.0 Å². The Labute approximate surface area is 182 Å². The van der Waals surface area contributed by atoms with Gasteiger partial charge >= 0.3 is 0 Å². The van der Waals surface area contributed by atoms with Gasteiger partial charge in [0.2, 0.25) is 11.8 Å². The molecule has 0 spiro atoms. The topological polar surface area (TPSA) is 49.4 Å². The molecular formula is C23H26Cl2N2O2. The fourth-order valence-electron chi connectivity index (χ4n) is 3.73. The van der Waals surface area contributed by atoms with Crippen molar-refractivity contribution in [1.82, 2.24) is 10.2 Å². The standard InChI is InChI=1S/C23H26Cl2N2O2/c1-16(23(29)26-21-10-2-3-11-21)27(15-18-7-5-9-20(25)13-18)22(28)14-17-6-4-8-19(24)12-17/h4-9,12-13,16,21H,2-3,10-11,14-15H2,1H3,(H,26,29)/t16-/m1/s1. The number of nitrogens with one attached hydrogen (secondary N) is 1. The summed E-state index contributed by atoms with van der Waals surface area (Å²) < 4.78 is 0. The first kappa shape index (κ1) is 21.7. The van der Waals surface area contributed by atoms with E-state index in [2.05, 4.69) is 5.32 Å². The van der Waals surface area contributed by atoms with Gasteiger partial charge in [-0.05, 0) is 55.2 Å². The predicted octanol–water partition coefficient (Wildman–Crippen LogP) is 5.01. The Hall–Kier alpha value is -2.04. The first-order valence-corrected chi connectivity index (χ1v) is 10.8. The largest absolute Gasteiger partial charge is 0.352 e. The lowest BCUT2D eigenvalue weighted by Gasteiger charge is -2.30. The number of halogens is 2. The van der Waals surface area contributed by atoms with Crippen LogP contribution >= 0.6 is 23.2 Å². The van der Waals surface area contributed by atoms with Crippen LogP contribution in [0.5, 0.6) is 0 Å². The second-order valence-corrected chi connectivity index (χ2v) is 8.50. The Balaban J connectivity index is 1.77. The molecule has 29 heavy (non-hydrogen) atoms. The number of amides is 2. The molecule has 2 aromatic rings.